The van der Waals surface area contributed by atoms with Gasteiger partial charge in [0.25, 0.3) is 0 Å². The zero-order valence-electron chi connectivity index (χ0n) is 20.4. The molecule has 38 heavy (non-hydrogen) atoms. The van der Waals surface area contributed by atoms with E-state index in [0.717, 1.165) is 39.0 Å². The summed E-state index contributed by atoms with van der Waals surface area (Å²) >= 11 is 7.84. The van der Waals surface area contributed by atoms with Crippen molar-refractivity contribution in [1.82, 2.24) is 0 Å². The Hall–Kier alpha value is -2.83. The largest absolute Gasteiger partial charge is 0.491 e. The van der Waals surface area contributed by atoms with E-state index in [4.69, 9.17) is 19.7 Å². The third kappa shape index (κ3) is 6.97. The fourth-order valence-electron chi connectivity index (χ4n) is 3.37. The Morgan fingerprint density at radius 2 is 1.42 bits per heavy atom. The summed E-state index contributed by atoms with van der Waals surface area (Å²) in [7, 11) is 0. The Kier molecular flexibility index (Phi) is 9.50. The molecule has 0 aliphatic heterocycles. The fourth-order valence-corrected chi connectivity index (χ4v) is 8.27. The molecular weight excluding hydrogens is 581 g/mol. The first-order valence-electron chi connectivity index (χ1n) is 11.4. The molecule has 0 saturated carbocycles. The van der Waals surface area contributed by atoms with Crippen molar-refractivity contribution in [2.24, 2.45) is 0 Å². The van der Waals surface area contributed by atoms with Gasteiger partial charge in [-0.1, -0.05) is 24.9 Å². The lowest BCUT2D eigenvalue weighted by Gasteiger charge is -2.05. The number of hydrogen-bond acceptors (Lipinski definition) is 9. The molecular formula is C27H24O6S5. The molecule has 4 rings (SSSR count). The van der Waals surface area contributed by atoms with E-state index in [9.17, 15) is 9.59 Å². The Balaban J connectivity index is 1.68. The number of thioether (sulfide) groups is 1. The van der Waals surface area contributed by atoms with Gasteiger partial charge in [0.05, 0.1) is 35.8 Å². The topological polar surface area (TPSA) is 93.1 Å². The second-order valence-corrected chi connectivity index (χ2v) is 13.4. The number of rotatable bonds is 14. The van der Waals surface area contributed by atoms with Crippen LogP contribution in [0.25, 0.3) is 34.2 Å². The summed E-state index contributed by atoms with van der Waals surface area (Å²) < 4.78 is 11.8. The van der Waals surface area contributed by atoms with Crippen molar-refractivity contribution in [3.63, 3.8) is 0 Å². The van der Waals surface area contributed by atoms with Gasteiger partial charge in [0.1, 0.15) is 11.5 Å². The van der Waals surface area contributed by atoms with Crippen molar-refractivity contribution in [2.45, 2.75) is 19.8 Å². The van der Waals surface area contributed by atoms with E-state index in [1.165, 1.54) is 28.0 Å². The molecule has 0 aliphatic rings. The van der Waals surface area contributed by atoms with Gasteiger partial charge < -0.3 is 19.7 Å². The predicted octanol–water partition coefficient (Wildman–Crippen LogP) is 8.80. The molecule has 0 atom stereocenters. The number of aryl methyl sites for hydroxylation is 1. The van der Waals surface area contributed by atoms with Crippen LogP contribution in [0.2, 0.25) is 0 Å². The minimum Gasteiger partial charge on any atom is -0.491 e. The maximum atomic E-state index is 11.0. The number of aliphatic carboxylic acids is 2. The molecule has 4 aromatic rings. The van der Waals surface area contributed by atoms with Crippen LogP contribution in [0.4, 0.5) is 0 Å². The lowest BCUT2D eigenvalue weighted by atomic mass is 10.3. The molecule has 2 N–H and O–H groups in total. The fraction of sp³-hybridized carbons (Fsp3) is 0.185. The van der Waals surface area contributed by atoms with Crippen molar-refractivity contribution < 1.29 is 29.3 Å². The zero-order chi connectivity index (χ0) is 27.2. The molecule has 198 valence electrons. The quantitative estimate of drug-likeness (QED) is 0.149. The summed E-state index contributed by atoms with van der Waals surface area (Å²) in [6.07, 6.45) is -0.181. The summed E-state index contributed by atoms with van der Waals surface area (Å²) in [6, 6.07) is 12.1. The smallest absolute Gasteiger partial charge is 0.306 e. The first-order chi connectivity index (χ1) is 18.2. The standard InChI is InChI=1S/C27H24O6S5/c1-4-34-16(3)22-13-17(32-11-9-24(28)29)26(37-22)20-7-8-21(36-20)27-18(33-12-10-25(30)31)14-23(38-27)19-6-5-15(2)35-19/h4-8,13-14H,1,3,9-12H2,2H3,(H,28,29)(H,30,31). The van der Waals surface area contributed by atoms with Crippen LogP contribution in [-0.2, 0) is 9.59 Å². The highest BCUT2D eigenvalue weighted by Gasteiger charge is 2.20. The highest BCUT2D eigenvalue weighted by atomic mass is 32.2. The van der Waals surface area contributed by atoms with Gasteiger partial charge in [-0.2, -0.15) is 0 Å². The zero-order valence-corrected chi connectivity index (χ0v) is 24.4. The van der Waals surface area contributed by atoms with Crippen LogP contribution in [0.15, 0.2) is 55.0 Å². The molecule has 6 nitrogen and oxygen atoms in total. The van der Waals surface area contributed by atoms with Crippen LogP contribution < -0.4 is 9.47 Å². The second-order valence-electron chi connectivity index (χ2n) is 7.87. The SMILES string of the molecule is C=CSC(=C)c1cc(OCCC(=O)O)c(-c2ccc(-c3sc(-c4ccc(C)s4)cc3OCCC(=O)O)s2)s1. The summed E-state index contributed by atoms with van der Waals surface area (Å²) in [4.78, 5) is 31.0. The molecule has 4 heterocycles. The van der Waals surface area contributed by atoms with Gasteiger partial charge in [0.2, 0.25) is 0 Å². The molecule has 0 aliphatic carbocycles. The molecule has 0 amide bonds. The van der Waals surface area contributed by atoms with E-state index in [0.29, 0.717) is 11.5 Å². The molecule has 0 aromatic carbocycles. The van der Waals surface area contributed by atoms with Gasteiger partial charge in [-0.3, -0.25) is 9.59 Å². The normalized spacial score (nSPS) is 10.9. The van der Waals surface area contributed by atoms with Crippen LogP contribution in [-0.4, -0.2) is 35.4 Å². The highest BCUT2D eigenvalue weighted by Crippen LogP contribution is 2.50. The van der Waals surface area contributed by atoms with Gasteiger partial charge >= 0.3 is 11.9 Å². The van der Waals surface area contributed by atoms with E-state index in [1.54, 1.807) is 39.4 Å². The minimum atomic E-state index is -0.920. The number of thiophene rings is 4. The number of carbonyl (C=O) groups is 2. The molecule has 0 bridgehead atoms. The van der Waals surface area contributed by atoms with E-state index in [1.807, 2.05) is 24.3 Å². The lowest BCUT2D eigenvalue weighted by Crippen LogP contribution is -2.04. The van der Waals surface area contributed by atoms with Crippen molar-refractivity contribution in [2.75, 3.05) is 13.2 Å². The Morgan fingerprint density at radius 1 is 0.842 bits per heavy atom. The monoisotopic (exact) mass is 604 g/mol. The predicted molar refractivity (Wildman–Crippen MR) is 161 cm³/mol. The van der Waals surface area contributed by atoms with E-state index < -0.39 is 11.9 Å². The van der Waals surface area contributed by atoms with Gasteiger partial charge in [-0.25, -0.2) is 0 Å². The minimum absolute atomic E-state index is 0.0634. The average molecular weight is 605 g/mol. The van der Waals surface area contributed by atoms with Crippen molar-refractivity contribution >= 4 is 74.0 Å². The first kappa shape index (κ1) is 28.2. The van der Waals surface area contributed by atoms with Crippen molar-refractivity contribution in [1.29, 1.82) is 0 Å². The number of carboxylic acids is 2. The number of carboxylic acid groups (broad SMARTS) is 2. The van der Waals surface area contributed by atoms with Gasteiger partial charge in [0, 0.05) is 46.3 Å². The Labute approximate surface area is 240 Å². The summed E-state index contributed by atoms with van der Waals surface area (Å²) in [5.74, 6) is -0.554. The Bertz CT molecular complexity index is 1470. The maximum absolute atomic E-state index is 11.0. The molecule has 0 spiro atoms. The summed E-state index contributed by atoms with van der Waals surface area (Å²) in [5.41, 5.74) is 0. The maximum Gasteiger partial charge on any atom is 0.306 e. The van der Waals surface area contributed by atoms with Crippen molar-refractivity contribution in [3.8, 4) is 40.8 Å². The molecule has 11 heteroatoms. The average Bonchev–Trinajstić information content (AvgIpc) is 3.64. The van der Waals surface area contributed by atoms with Crippen LogP contribution in [0.3, 0.4) is 0 Å². The van der Waals surface area contributed by atoms with Crippen LogP contribution >= 0.6 is 57.1 Å². The molecule has 0 fully saturated rings. The van der Waals surface area contributed by atoms with Crippen LogP contribution in [0.1, 0.15) is 22.6 Å². The molecule has 4 aromatic heterocycles. The van der Waals surface area contributed by atoms with Gasteiger partial charge in [-0.15, -0.1) is 45.3 Å². The highest BCUT2D eigenvalue weighted by molar-refractivity contribution is 8.11. The van der Waals surface area contributed by atoms with Gasteiger partial charge in [-0.05, 0) is 36.6 Å². The summed E-state index contributed by atoms with van der Waals surface area (Å²) in [5, 5.41) is 19.8. The Morgan fingerprint density at radius 3 is 1.97 bits per heavy atom. The second kappa shape index (κ2) is 12.8. The molecule has 0 unspecified atom stereocenters. The van der Waals surface area contributed by atoms with E-state index in [2.05, 4.69) is 32.2 Å². The molecule has 0 radical (unpaired) electrons. The van der Waals surface area contributed by atoms with Gasteiger partial charge in [0.15, 0.2) is 0 Å². The lowest BCUT2D eigenvalue weighted by molar-refractivity contribution is -0.138. The first-order valence-corrected chi connectivity index (χ1v) is 15.5. The van der Waals surface area contributed by atoms with Crippen LogP contribution in [0, 0.1) is 6.92 Å². The number of ether oxygens (including phenoxy) is 2. The van der Waals surface area contributed by atoms with E-state index >= 15 is 0 Å². The number of hydrogen-bond donors (Lipinski definition) is 2. The van der Waals surface area contributed by atoms with Crippen molar-refractivity contribution in [3.05, 3.63) is 64.7 Å². The molecule has 0 saturated heterocycles. The van der Waals surface area contributed by atoms with E-state index in [-0.39, 0.29) is 26.1 Å². The third-order valence-electron chi connectivity index (χ3n) is 5.08. The third-order valence-corrected chi connectivity index (χ3v) is 10.8. The van der Waals surface area contributed by atoms with Crippen LogP contribution in [0.5, 0.6) is 11.5 Å². The summed E-state index contributed by atoms with van der Waals surface area (Å²) in [6.45, 7) is 10.1.